The van der Waals surface area contributed by atoms with Crippen molar-refractivity contribution in [2.75, 3.05) is 15.9 Å². The molecular formula is C17H19IN2O3S. The summed E-state index contributed by atoms with van der Waals surface area (Å²) in [6.07, 6.45) is 1.10. The quantitative estimate of drug-likeness (QED) is 0.699. The Balaban J connectivity index is 2.27. The second-order valence-corrected chi connectivity index (χ2v) is 8.67. The van der Waals surface area contributed by atoms with Gasteiger partial charge in [0.1, 0.15) is 6.04 Å². The van der Waals surface area contributed by atoms with Crippen molar-refractivity contribution in [1.29, 1.82) is 0 Å². The molecule has 0 unspecified atom stereocenters. The molecule has 0 fully saturated rings. The monoisotopic (exact) mass is 458 g/mol. The molecule has 0 aliphatic carbocycles. The molecule has 2 aromatic rings. The van der Waals surface area contributed by atoms with Crippen molar-refractivity contribution < 1.29 is 13.2 Å². The highest BCUT2D eigenvalue weighted by Crippen LogP contribution is 2.22. The summed E-state index contributed by atoms with van der Waals surface area (Å²) in [6, 6.07) is 13.5. The number of hydrogen-bond acceptors (Lipinski definition) is 3. The Morgan fingerprint density at radius 1 is 1.08 bits per heavy atom. The molecule has 24 heavy (non-hydrogen) atoms. The van der Waals surface area contributed by atoms with Crippen LogP contribution in [-0.2, 0) is 14.8 Å². The van der Waals surface area contributed by atoms with E-state index in [2.05, 4.69) is 27.9 Å². The van der Waals surface area contributed by atoms with Gasteiger partial charge in [0.2, 0.25) is 15.9 Å². The lowest BCUT2D eigenvalue weighted by Crippen LogP contribution is -2.45. The summed E-state index contributed by atoms with van der Waals surface area (Å²) in [4.78, 5) is 12.5. The minimum Gasteiger partial charge on any atom is -0.324 e. The van der Waals surface area contributed by atoms with Crippen LogP contribution in [0.25, 0.3) is 0 Å². The normalized spacial score (nSPS) is 12.5. The summed E-state index contributed by atoms with van der Waals surface area (Å²) in [5.41, 5.74) is 2.11. The van der Waals surface area contributed by atoms with Gasteiger partial charge in [-0.15, -0.1) is 0 Å². The molecule has 0 heterocycles. The Bertz CT molecular complexity index is 818. The van der Waals surface area contributed by atoms with Crippen molar-refractivity contribution in [2.24, 2.45) is 0 Å². The van der Waals surface area contributed by atoms with Gasteiger partial charge in [-0.25, -0.2) is 8.42 Å². The molecule has 0 saturated carbocycles. The summed E-state index contributed by atoms with van der Waals surface area (Å²) < 4.78 is 26.6. The highest BCUT2D eigenvalue weighted by atomic mass is 127. The van der Waals surface area contributed by atoms with Crippen molar-refractivity contribution in [3.63, 3.8) is 0 Å². The van der Waals surface area contributed by atoms with Gasteiger partial charge in [0.05, 0.1) is 11.9 Å². The highest BCUT2D eigenvalue weighted by molar-refractivity contribution is 14.1. The minimum atomic E-state index is -3.60. The number of rotatable bonds is 5. The lowest BCUT2D eigenvalue weighted by Gasteiger charge is -2.28. The molecule has 0 bridgehead atoms. The van der Waals surface area contributed by atoms with Crippen LogP contribution in [0.1, 0.15) is 12.5 Å². The molecule has 0 spiro atoms. The second kappa shape index (κ2) is 7.52. The number of hydrogen-bond donors (Lipinski definition) is 1. The summed E-state index contributed by atoms with van der Waals surface area (Å²) in [6.45, 7) is 3.49. The van der Waals surface area contributed by atoms with Crippen molar-refractivity contribution >= 4 is 49.9 Å². The smallest absolute Gasteiger partial charge is 0.247 e. The second-order valence-electron chi connectivity index (χ2n) is 5.57. The van der Waals surface area contributed by atoms with E-state index < -0.39 is 16.1 Å². The third-order valence-corrected chi connectivity index (χ3v) is 5.45. The molecule has 5 nitrogen and oxygen atoms in total. The standard InChI is InChI=1S/C17H19IN2O3S/c1-12-4-10-16(11-5-12)20(24(3,22)23)13(2)17(21)19-15-8-6-14(18)7-9-15/h4-11,13H,1-3H3,(H,19,21)/t13-/m0/s1. The number of nitrogens with zero attached hydrogens (tertiary/aromatic N) is 1. The topological polar surface area (TPSA) is 66.5 Å². The third-order valence-electron chi connectivity index (χ3n) is 3.49. The number of aryl methyl sites for hydroxylation is 1. The molecule has 2 aromatic carbocycles. The average molecular weight is 458 g/mol. The van der Waals surface area contributed by atoms with E-state index in [9.17, 15) is 13.2 Å². The molecular weight excluding hydrogens is 439 g/mol. The van der Waals surface area contributed by atoms with Crippen LogP contribution in [0, 0.1) is 10.5 Å². The van der Waals surface area contributed by atoms with Gasteiger partial charge in [-0.3, -0.25) is 9.10 Å². The van der Waals surface area contributed by atoms with Gasteiger partial charge in [-0.2, -0.15) is 0 Å². The first-order chi connectivity index (χ1) is 11.2. The number of carbonyl (C=O) groups excluding carboxylic acids is 1. The lowest BCUT2D eigenvalue weighted by molar-refractivity contribution is -0.116. The van der Waals surface area contributed by atoms with E-state index in [4.69, 9.17) is 0 Å². The van der Waals surface area contributed by atoms with Gasteiger partial charge >= 0.3 is 0 Å². The molecule has 0 aliphatic rings. The van der Waals surface area contributed by atoms with Crippen LogP contribution >= 0.6 is 22.6 Å². The zero-order valence-corrected chi connectivity index (χ0v) is 16.6. The predicted molar refractivity (Wildman–Crippen MR) is 106 cm³/mol. The Morgan fingerprint density at radius 3 is 2.12 bits per heavy atom. The van der Waals surface area contributed by atoms with Crippen molar-refractivity contribution in [3.05, 3.63) is 57.7 Å². The maximum Gasteiger partial charge on any atom is 0.247 e. The molecule has 0 saturated heterocycles. The summed E-state index contributed by atoms with van der Waals surface area (Å²) in [7, 11) is -3.60. The third kappa shape index (κ3) is 4.70. The zero-order valence-electron chi connectivity index (χ0n) is 13.7. The van der Waals surface area contributed by atoms with Gasteiger partial charge in [0.25, 0.3) is 0 Å². The first-order valence-corrected chi connectivity index (χ1v) is 10.2. The van der Waals surface area contributed by atoms with Crippen LogP contribution < -0.4 is 9.62 Å². The molecule has 1 atom stereocenters. The molecule has 1 N–H and O–H groups in total. The van der Waals surface area contributed by atoms with Crippen molar-refractivity contribution in [3.8, 4) is 0 Å². The van der Waals surface area contributed by atoms with Crippen LogP contribution in [-0.4, -0.2) is 26.6 Å². The fraction of sp³-hybridized carbons (Fsp3) is 0.235. The summed E-state index contributed by atoms with van der Waals surface area (Å²) in [5, 5.41) is 2.75. The average Bonchev–Trinajstić information content (AvgIpc) is 2.50. The van der Waals surface area contributed by atoms with Gasteiger partial charge in [-0.1, -0.05) is 17.7 Å². The van der Waals surface area contributed by atoms with Crippen molar-refractivity contribution in [1.82, 2.24) is 0 Å². The number of sulfonamides is 1. The van der Waals surface area contributed by atoms with Gasteiger partial charge in [-0.05, 0) is 72.8 Å². The van der Waals surface area contributed by atoms with Gasteiger partial charge in [0.15, 0.2) is 0 Å². The van der Waals surface area contributed by atoms with E-state index >= 15 is 0 Å². The Kier molecular flexibility index (Phi) is 5.87. The Labute approximate surface area is 156 Å². The van der Waals surface area contributed by atoms with E-state index in [-0.39, 0.29) is 5.91 Å². The maximum atomic E-state index is 12.5. The summed E-state index contributed by atoms with van der Waals surface area (Å²) in [5.74, 6) is -0.387. The SMILES string of the molecule is Cc1ccc(N([C@@H](C)C(=O)Nc2ccc(I)cc2)S(C)(=O)=O)cc1. The van der Waals surface area contributed by atoms with E-state index in [0.29, 0.717) is 11.4 Å². The molecule has 1 amide bonds. The number of nitrogens with one attached hydrogen (secondary N) is 1. The largest absolute Gasteiger partial charge is 0.324 e. The van der Waals surface area contributed by atoms with E-state index in [0.717, 1.165) is 19.7 Å². The number of benzene rings is 2. The van der Waals surface area contributed by atoms with Gasteiger partial charge in [0, 0.05) is 9.26 Å². The predicted octanol–water partition coefficient (Wildman–Crippen LogP) is 3.39. The highest BCUT2D eigenvalue weighted by Gasteiger charge is 2.29. The Morgan fingerprint density at radius 2 is 1.62 bits per heavy atom. The number of anilines is 2. The maximum absolute atomic E-state index is 12.5. The van der Waals surface area contributed by atoms with Crippen LogP contribution in [0.2, 0.25) is 0 Å². The Hall–Kier alpha value is -1.61. The van der Waals surface area contributed by atoms with Crippen molar-refractivity contribution in [2.45, 2.75) is 19.9 Å². The van der Waals surface area contributed by atoms with Crippen LogP contribution in [0.3, 0.4) is 0 Å². The van der Waals surface area contributed by atoms with E-state index in [1.807, 2.05) is 31.2 Å². The molecule has 2 rings (SSSR count). The summed E-state index contributed by atoms with van der Waals surface area (Å²) >= 11 is 2.17. The molecule has 0 radical (unpaired) electrons. The first kappa shape index (κ1) is 18.7. The van der Waals surface area contributed by atoms with E-state index in [1.165, 1.54) is 0 Å². The molecule has 0 aromatic heterocycles. The number of halogens is 1. The zero-order chi connectivity index (χ0) is 17.9. The van der Waals surface area contributed by atoms with Crippen LogP contribution in [0.4, 0.5) is 11.4 Å². The molecule has 7 heteroatoms. The molecule has 128 valence electrons. The minimum absolute atomic E-state index is 0.387. The fourth-order valence-corrected chi connectivity index (χ4v) is 3.81. The fourth-order valence-electron chi connectivity index (χ4n) is 2.28. The number of amides is 1. The first-order valence-electron chi connectivity index (χ1n) is 7.31. The van der Waals surface area contributed by atoms with E-state index in [1.54, 1.807) is 31.2 Å². The van der Waals surface area contributed by atoms with Crippen LogP contribution in [0.5, 0.6) is 0 Å². The molecule has 0 aliphatic heterocycles. The number of carbonyl (C=O) groups is 1. The van der Waals surface area contributed by atoms with Crippen LogP contribution in [0.15, 0.2) is 48.5 Å². The lowest BCUT2D eigenvalue weighted by atomic mass is 10.2. The van der Waals surface area contributed by atoms with Gasteiger partial charge < -0.3 is 5.32 Å².